The molecule has 0 amide bonds. The second kappa shape index (κ2) is 5.65. The highest BCUT2D eigenvalue weighted by molar-refractivity contribution is 5.41. The van der Waals surface area contributed by atoms with E-state index in [9.17, 15) is 5.11 Å². The molecule has 1 saturated heterocycles. The third-order valence-corrected chi connectivity index (χ3v) is 4.68. The lowest BCUT2D eigenvalue weighted by molar-refractivity contribution is 0.201. The van der Waals surface area contributed by atoms with Gasteiger partial charge in [0.05, 0.1) is 7.11 Å². The number of nitrogens with zero attached hydrogens (tertiary/aromatic N) is 1. The third kappa shape index (κ3) is 3.09. The second-order valence-electron chi connectivity index (χ2n) is 6.95. The smallest absolute Gasteiger partial charge is 0.124 e. The highest BCUT2D eigenvalue weighted by atomic mass is 16.5. The lowest BCUT2D eigenvalue weighted by atomic mass is 9.80. The molecular formula is C17H27NO2. The highest BCUT2D eigenvalue weighted by Crippen LogP contribution is 2.39. The van der Waals surface area contributed by atoms with Crippen LogP contribution in [0, 0.1) is 11.3 Å². The molecule has 3 heteroatoms. The predicted octanol–water partition coefficient (Wildman–Crippen LogP) is 3.83. The lowest BCUT2D eigenvalue weighted by Gasteiger charge is -2.29. The minimum absolute atomic E-state index is 0.244. The Morgan fingerprint density at radius 3 is 2.55 bits per heavy atom. The van der Waals surface area contributed by atoms with Crippen molar-refractivity contribution >= 4 is 0 Å². The molecule has 0 radical (unpaired) electrons. The molecule has 0 bridgehead atoms. The van der Waals surface area contributed by atoms with Gasteiger partial charge in [0.15, 0.2) is 0 Å². The van der Waals surface area contributed by atoms with Crippen LogP contribution in [0.3, 0.4) is 0 Å². The van der Waals surface area contributed by atoms with Gasteiger partial charge in [0, 0.05) is 24.2 Å². The van der Waals surface area contributed by atoms with Crippen molar-refractivity contribution in [2.24, 2.45) is 11.3 Å². The van der Waals surface area contributed by atoms with Gasteiger partial charge in [-0.3, -0.25) is 4.90 Å². The van der Waals surface area contributed by atoms with Gasteiger partial charge >= 0.3 is 0 Å². The fourth-order valence-electron chi connectivity index (χ4n) is 3.05. The minimum atomic E-state index is 0.244. The first kappa shape index (κ1) is 15.2. The Labute approximate surface area is 122 Å². The summed E-state index contributed by atoms with van der Waals surface area (Å²) in [5.41, 5.74) is 1.34. The van der Waals surface area contributed by atoms with Crippen LogP contribution in [0.2, 0.25) is 0 Å². The summed E-state index contributed by atoms with van der Waals surface area (Å²) in [5.74, 6) is 1.76. The highest BCUT2D eigenvalue weighted by Gasteiger charge is 2.34. The largest absolute Gasteiger partial charge is 0.507 e. The number of rotatable bonds is 3. The van der Waals surface area contributed by atoms with Crippen molar-refractivity contribution in [3.8, 4) is 11.5 Å². The molecule has 3 nitrogen and oxygen atoms in total. The van der Waals surface area contributed by atoms with E-state index < -0.39 is 0 Å². The van der Waals surface area contributed by atoms with E-state index in [1.807, 2.05) is 12.1 Å². The minimum Gasteiger partial charge on any atom is -0.507 e. The molecule has 1 aromatic rings. The van der Waals surface area contributed by atoms with Crippen LogP contribution in [0.25, 0.3) is 0 Å². The number of methoxy groups -OCH3 is 1. The van der Waals surface area contributed by atoms with E-state index in [2.05, 4.69) is 32.6 Å². The van der Waals surface area contributed by atoms with Crippen LogP contribution in [0.4, 0.5) is 0 Å². The average molecular weight is 277 g/mol. The van der Waals surface area contributed by atoms with E-state index in [0.717, 1.165) is 24.6 Å². The molecule has 1 fully saturated rings. The zero-order chi connectivity index (χ0) is 14.9. The van der Waals surface area contributed by atoms with E-state index in [-0.39, 0.29) is 6.04 Å². The zero-order valence-corrected chi connectivity index (χ0v) is 13.3. The quantitative estimate of drug-likeness (QED) is 0.911. The van der Waals surface area contributed by atoms with Crippen LogP contribution >= 0.6 is 0 Å². The summed E-state index contributed by atoms with van der Waals surface area (Å²) < 4.78 is 5.14. The van der Waals surface area contributed by atoms with Crippen molar-refractivity contribution in [2.45, 2.75) is 40.2 Å². The fraction of sp³-hybridized carbons (Fsp3) is 0.647. The van der Waals surface area contributed by atoms with Gasteiger partial charge in [0.25, 0.3) is 0 Å². The van der Waals surface area contributed by atoms with Gasteiger partial charge in [-0.25, -0.2) is 0 Å². The van der Waals surface area contributed by atoms with Gasteiger partial charge in [-0.1, -0.05) is 26.8 Å². The van der Waals surface area contributed by atoms with Crippen molar-refractivity contribution in [3.63, 3.8) is 0 Å². The predicted molar refractivity (Wildman–Crippen MR) is 82.2 cm³/mol. The van der Waals surface area contributed by atoms with E-state index >= 15 is 0 Å². The number of hydrogen-bond donors (Lipinski definition) is 1. The van der Waals surface area contributed by atoms with Crippen LogP contribution in [-0.2, 0) is 0 Å². The van der Waals surface area contributed by atoms with Crippen molar-refractivity contribution in [3.05, 3.63) is 23.8 Å². The Hall–Kier alpha value is -1.22. The van der Waals surface area contributed by atoms with E-state index in [4.69, 9.17) is 4.74 Å². The molecule has 1 aromatic carbocycles. The molecule has 2 atom stereocenters. The van der Waals surface area contributed by atoms with Gasteiger partial charge in [-0.05, 0) is 37.3 Å². The van der Waals surface area contributed by atoms with Crippen LogP contribution < -0.4 is 4.74 Å². The van der Waals surface area contributed by atoms with Crippen molar-refractivity contribution in [1.82, 2.24) is 4.90 Å². The van der Waals surface area contributed by atoms with Crippen molar-refractivity contribution in [2.75, 3.05) is 20.2 Å². The van der Waals surface area contributed by atoms with E-state index in [1.165, 1.54) is 6.42 Å². The van der Waals surface area contributed by atoms with Crippen molar-refractivity contribution in [1.29, 1.82) is 0 Å². The Bertz CT molecular complexity index is 465. The van der Waals surface area contributed by atoms with Gasteiger partial charge < -0.3 is 9.84 Å². The molecule has 2 rings (SSSR count). The summed E-state index contributed by atoms with van der Waals surface area (Å²) in [6.45, 7) is 11.3. The number of likely N-dealkylation sites (tertiary alicyclic amines) is 1. The standard InChI is InChI=1S/C17H27NO2/c1-12(15-7-6-14(20-5)10-16(15)19)18-9-8-13(11-18)17(2,3)4/h6-7,10,12-13,19H,8-9,11H2,1-5H3. The van der Waals surface area contributed by atoms with Crippen molar-refractivity contribution < 1.29 is 9.84 Å². The number of ether oxygens (including phenoxy) is 1. The summed E-state index contributed by atoms with van der Waals surface area (Å²) in [4.78, 5) is 2.47. The number of phenolic OH excluding ortho intramolecular Hbond substituents is 1. The Balaban J connectivity index is 2.11. The molecule has 1 aliphatic rings. The topological polar surface area (TPSA) is 32.7 Å². The Morgan fingerprint density at radius 1 is 1.35 bits per heavy atom. The summed E-state index contributed by atoms with van der Waals surface area (Å²) in [6, 6.07) is 5.84. The molecule has 2 unspecified atom stereocenters. The number of hydrogen-bond acceptors (Lipinski definition) is 3. The summed E-state index contributed by atoms with van der Waals surface area (Å²) in [6.07, 6.45) is 1.24. The number of aromatic hydroxyl groups is 1. The molecule has 0 saturated carbocycles. The molecule has 20 heavy (non-hydrogen) atoms. The summed E-state index contributed by atoms with van der Waals surface area (Å²) in [5, 5.41) is 10.2. The van der Waals surface area contributed by atoms with Crippen LogP contribution in [0.5, 0.6) is 11.5 Å². The molecule has 1 heterocycles. The first-order chi connectivity index (χ1) is 9.32. The summed E-state index contributed by atoms with van der Waals surface area (Å²) >= 11 is 0. The SMILES string of the molecule is COc1ccc(C(C)N2CCC(C(C)(C)C)C2)c(O)c1. The molecule has 0 aromatic heterocycles. The zero-order valence-electron chi connectivity index (χ0n) is 13.3. The summed E-state index contributed by atoms with van der Waals surface area (Å²) in [7, 11) is 1.62. The first-order valence-corrected chi connectivity index (χ1v) is 7.44. The number of benzene rings is 1. The molecule has 1 N–H and O–H groups in total. The number of phenols is 1. The van der Waals surface area contributed by atoms with Crippen LogP contribution in [0.1, 0.15) is 45.7 Å². The maximum atomic E-state index is 10.2. The monoisotopic (exact) mass is 277 g/mol. The molecule has 0 aliphatic carbocycles. The Kier molecular flexibility index (Phi) is 4.28. The first-order valence-electron chi connectivity index (χ1n) is 7.44. The molecule has 0 spiro atoms. The van der Waals surface area contributed by atoms with Gasteiger partial charge in [0.2, 0.25) is 0 Å². The Morgan fingerprint density at radius 2 is 2.05 bits per heavy atom. The van der Waals surface area contributed by atoms with Crippen LogP contribution in [-0.4, -0.2) is 30.2 Å². The maximum Gasteiger partial charge on any atom is 0.124 e. The van der Waals surface area contributed by atoms with Crippen LogP contribution in [0.15, 0.2) is 18.2 Å². The maximum absolute atomic E-state index is 10.2. The van der Waals surface area contributed by atoms with E-state index in [1.54, 1.807) is 13.2 Å². The second-order valence-corrected chi connectivity index (χ2v) is 6.95. The van der Waals surface area contributed by atoms with Gasteiger partial charge in [-0.15, -0.1) is 0 Å². The lowest BCUT2D eigenvalue weighted by Crippen LogP contribution is -2.28. The van der Waals surface area contributed by atoms with Gasteiger partial charge in [0.1, 0.15) is 11.5 Å². The molecule has 1 aliphatic heterocycles. The fourth-order valence-corrected chi connectivity index (χ4v) is 3.05. The normalized spacial score (nSPS) is 21.9. The van der Waals surface area contributed by atoms with Gasteiger partial charge in [-0.2, -0.15) is 0 Å². The average Bonchev–Trinajstić information content (AvgIpc) is 2.87. The molecular weight excluding hydrogens is 250 g/mol. The van der Waals surface area contributed by atoms with E-state index in [0.29, 0.717) is 16.9 Å². The third-order valence-electron chi connectivity index (χ3n) is 4.68. The molecule has 112 valence electrons.